The van der Waals surface area contributed by atoms with E-state index in [9.17, 15) is 9.59 Å². The highest BCUT2D eigenvalue weighted by Gasteiger charge is 2.51. The maximum atomic E-state index is 13.8. The monoisotopic (exact) mass is 423 g/mol. The number of furan rings is 1. The van der Waals surface area contributed by atoms with Crippen LogP contribution in [0, 0.1) is 5.92 Å². The summed E-state index contributed by atoms with van der Waals surface area (Å²) in [6, 6.07) is 7.90. The number of nitrogens with zero attached hydrogens (tertiary/aromatic N) is 2. The molecular formula is C25H33N3O3. The highest BCUT2D eigenvalue weighted by molar-refractivity contribution is 6.00. The van der Waals surface area contributed by atoms with Gasteiger partial charge in [0.05, 0.1) is 18.5 Å². The summed E-state index contributed by atoms with van der Waals surface area (Å²) in [5, 5.41) is 3.33. The molecule has 0 unspecified atom stereocenters. The zero-order chi connectivity index (χ0) is 21.6. The Bertz CT molecular complexity index is 949. The quantitative estimate of drug-likeness (QED) is 0.781. The van der Waals surface area contributed by atoms with Gasteiger partial charge < -0.3 is 19.2 Å². The Balaban J connectivity index is 1.49. The SMILES string of the molecule is CC1CCC(NC(=O)[C@]2(C)Cn3c(ccc3-c3ccco3)C(=O)N2C2CCCC2)CC1. The van der Waals surface area contributed by atoms with Gasteiger partial charge in [-0.25, -0.2) is 0 Å². The highest BCUT2D eigenvalue weighted by atomic mass is 16.3. The van der Waals surface area contributed by atoms with Crippen molar-refractivity contribution < 1.29 is 14.0 Å². The molecule has 2 aromatic heterocycles. The zero-order valence-corrected chi connectivity index (χ0v) is 18.6. The Hall–Kier alpha value is -2.50. The predicted molar refractivity (Wildman–Crippen MR) is 119 cm³/mol. The molecular weight excluding hydrogens is 390 g/mol. The molecule has 0 bridgehead atoms. The lowest BCUT2D eigenvalue weighted by Crippen LogP contribution is -2.67. The first-order chi connectivity index (χ1) is 15.0. The summed E-state index contributed by atoms with van der Waals surface area (Å²) < 4.78 is 7.60. The van der Waals surface area contributed by atoms with Crippen LogP contribution in [0.25, 0.3) is 11.5 Å². The second-order valence-corrected chi connectivity index (χ2v) is 9.98. The summed E-state index contributed by atoms with van der Waals surface area (Å²) in [6.07, 6.45) is 10.2. The minimum Gasteiger partial charge on any atom is -0.463 e. The van der Waals surface area contributed by atoms with Gasteiger partial charge in [0.1, 0.15) is 17.0 Å². The molecule has 31 heavy (non-hydrogen) atoms. The van der Waals surface area contributed by atoms with Crippen molar-refractivity contribution in [3.63, 3.8) is 0 Å². The molecule has 2 aromatic rings. The summed E-state index contributed by atoms with van der Waals surface area (Å²) in [6.45, 7) is 4.69. The fourth-order valence-corrected chi connectivity index (χ4v) is 5.85. The molecule has 0 spiro atoms. The number of nitrogens with one attached hydrogen (secondary N) is 1. The predicted octanol–water partition coefficient (Wildman–Crippen LogP) is 4.60. The van der Waals surface area contributed by atoms with Gasteiger partial charge in [-0.3, -0.25) is 9.59 Å². The summed E-state index contributed by atoms with van der Waals surface area (Å²) >= 11 is 0. The zero-order valence-electron chi connectivity index (χ0n) is 18.6. The van der Waals surface area contributed by atoms with Crippen LogP contribution in [0.4, 0.5) is 0 Å². The van der Waals surface area contributed by atoms with E-state index in [1.165, 1.54) is 0 Å². The van der Waals surface area contributed by atoms with Crippen LogP contribution >= 0.6 is 0 Å². The molecule has 0 aromatic carbocycles. The van der Waals surface area contributed by atoms with E-state index in [0.717, 1.165) is 68.7 Å². The molecule has 5 rings (SSSR count). The number of carbonyl (C=O) groups excluding carboxylic acids is 2. The number of amides is 2. The van der Waals surface area contributed by atoms with E-state index in [0.29, 0.717) is 12.2 Å². The van der Waals surface area contributed by atoms with Gasteiger partial charge in [0.2, 0.25) is 5.91 Å². The minimum absolute atomic E-state index is 0.0166. The largest absolute Gasteiger partial charge is 0.463 e. The first-order valence-corrected chi connectivity index (χ1v) is 11.9. The van der Waals surface area contributed by atoms with E-state index in [1.54, 1.807) is 6.26 Å². The summed E-state index contributed by atoms with van der Waals surface area (Å²) in [7, 11) is 0. The van der Waals surface area contributed by atoms with E-state index < -0.39 is 5.54 Å². The third kappa shape index (κ3) is 3.50. The molecule has 3 heterocycles. The number of aromatic nitrogens is 1. The van der Waals surface area contributed by atoms with Crippen molar-refractivity contribution in [2.24, 2.45) is 5.92 Å². The molecule has 0 radical (unpaired) electrons. The van der Waals surface area contributed by atoms with Crippen molar-refractivity contribution in [1.82, 2.24) is 14.8 Å². The average Bonchev–Trinajstić information content (AvgIpc) is 3.51. The van der Waals surface area contributed by atoms with E-state index >= 15 is 0 Å². The van der Waals surface area contributed by atoms with Crippen molar-refractivity contribution >= 4 is 11.8 Å². The van der Waals surface area contributed by atoms with Gasteiger partial charge in [0, 0.05) is 12.1 Å². The number of hydrogen-bond donors (Lipinski definition) is 1. The average molecular weight is 424 g/mol. The Labute approximate surface area is 184 Å². The van der Waals surface area contributed by atoms with E-state index in [1.807, 2.05) is 40.7 Å². The van der Waals surface area contributed by atoms with Crippen LogP contribution in [0.15, 0.2) is 34.9 Å². The lowest BCUT2D eigenvalue weighted by atomic mass is 9.86. The van der Waals surface area contributed by atoms with Crippen molar-refractivity contribution in [2.75, 3.05) is 0 Å². The van der Waals surface area contributed by atoms with Gasteiger partial charge in [0.25, 0.3) is 5.91 Å². The molecule has 1 atom stereocenters. The number of fused-ring (bicyclic) bond motifs is 1. The van der Waals surface area contributed by atoms with Gasteiger partial charge in [0.15, 0.2) is 0 Å². The first kappa shape index (κ1) is 20.4. The number of rotatable bonds is 4. The Kier molecular flexibility index (Phi) is 5.19. The maximum absolute atomic E-state index is 13.8. The third-order valence-electron chi connectivity index (χ3n) is 7.72. The minimum atomic E-state index is -0.914. The fraction of sp³-hybridized carbons (Fsp3) is 0.600. The van der Waals surface area contributed by atoms with Crippen molar-refractivity contribution in [3.05, 3.63) is 36.2 Å². The number of hydrogen-bond acceptors (Lipinski definition) is 3. The highest BCUT2D eigenvalue weighted by Crippen LogP contribution is 2.38. The van der Waals surface area contributed by atoms with Crippen LogP contribution in [0.1, 0.15) is 75.7 Å². The van der Waals surface area contributed by atoms with Crippen molar-refractivity contribution in [3.8, 4) is 11.5 Å². The van der Waals surface area contributed by atoms with Gasteiger partial charge in [-0.05, 0) is 75.6 Å². The van der Waals surface area contributed by atoms with Crippen LogP contribution in [0.3, 0.4) is 0 Å². The molecule has 166 valence electrons. The molecule has 2 fully saturated rings. The molecule has 6 heteroatoms. The molecule has 2 amide bonds. The fourth-order valence-electron chi connectivity index (χ4n) is 5.85. The summed E-state index contributed by atoms with van der Waals surface area (Å²) in [5.74, 6) is 1.40. The molecule has 3 aliphatic rings. The standard InChI is InChI=1S/C25H33N3O3/c1-17-9-11-18(12-10-17)26-24(30)25(2)16-27-20(22-8-5-15-31-22)13-14-21(27)23(29)28(25)19-6-3-4-7-19/h5,8,13-15,17-19H,3-4,6-7,9-12,16H2,1-2H3,(H,26,30)/t17?,18?,25-/m0/s1. The lowest BCUT2D eigenvalue weighted by molar-refractivity contribution is -0.135. The third-order valence-corrected chi connectivity index (χ3v) is 7.72. The topological polar surface area (TPSA) is 67.5 Å². The molecule has 1 N–H and O–H groups in total. The molecule has 1 aliphatic heterocycles. The summed E-state index contributed by atoms with van der Waals surface area (Å²) in [4.78, 5) is 29.4. The Morgan fingerprint density at radius 1 is 1.06 bits per heavy atom. The first-order valence-electron chi connectivity index (χ1n) is 11.9. The van der Waals surface area contributed by atoms with Crippen LogP contribution in [0.5, 0.6) is 0 Å². The molecule has 6 nitrogen and oxygen atoms in total. The van der Waals surface area contributed by atoms with E-state index in [4.69, 9.17) is 4.42 Å². The normalized spacial score (nSPS) is 29.2. The Morgan fingerprint density at radius 3 is 2.45 bits per heavy atom. The summed E-state index contributed by atoms with van der Waals surface area (Å²) in [5.41, 5.74) is 0.586. The van der Waals surface area contributed by atoms with Gasteiger partial charge >= 0.3 is 0 Å². The molecule has 0 saturated heterocycles. The van der Waals surface area contributed by atoms with Gasteiger partial charge in [-0.1, -0.05) is 19.8 Å². The Morgan fingerprint density at radius 2 is 1.77 bits per heavy atom. The van der Waals surface area contributed by atoms with Crippen molar-refractivity contribution in [1.29, 1.82) is 0 Å². The maximum Gasteiger partial charge on any atom is 0.271 e. The van der Waals surface area contributed by atoms with Crippen LogP contribution < -0.4 is 5.32 Å². The second kappa shape index (κ2) is 7.88. The lowest BCUT2D eigenvalue weighted by Gasteiger charge is -2.48. The molecule has 2 aliphatic carbocycles. The van der Waals surface area contributed by atoms with Gasteiger partial charge in [-0.15, -0.1) is 0 Å². The second-order valence-electron chi connectivity index (χ2n) is 9.98. The van der Waals surface area contributed by atoms with E-state index in [2.05, 4.69) is 12.2 Å². The van der Waals surface area contributed by atoms with Crippen LogP contribution in [-0.2, 0) is 11.3 Å². The van der Waals surface area contributed by atoms with Gasteiger partial charge in [-0.2, -0.15) is 0 Å². The van der Waals surface area contributed by atoms with Crippen LogP contribution in [-0.4, -0.2) is 38.9 Å². The molecule has 2 saturated carbocycles. The van der Waals surface area contributed by atoms with Crippen molar-refractivity contribution in [2.45, 2.75) is 89.4 Å². The van der Waals surface area contributed by atoms with Crippen LogP contribution in [0.2, 0.25) is 0 Å². The number of carbonyl (C=O) groups is 2. The van der Waals surface area contributed by atoms with E-state index in [-0.39, 0.29) is 23.9 Å². The smallest absolute Gasteiger partial charge is 0.271 e.